The molecule has 1 aliphatic carbocycles. The number of epoxide rings is 1. The molecule has 26 heavy (non-hydrogen) atoms. The predicted octanol–water partition coefficient (Wildman–Crippen LogP) is 5.87. The number of aryl methyl sites for hydroxylation is 1. The van der Waals surface area contributed by atoms with Crippen LogP contribution in [0.15, 0.2) is 36.4 Å². The van der Waals surface area contributed by atoms with Crippen LogP contribution in [0.25, 0.3) is 0 Å². The number of hydrogen-bond acceptors (Lipinski definition) is 2. The average Bonchev–Trinajstić information content (AvgIpc) is 3.54. The van der Waals surface area contributed by atoms with Crippen LogP contribution in [0.5, 0.6) is 0 Å². The van der Waals surface area contributed by atoms with E-state index in [9.17, 15) is 0 Å². The molecule has 0 N–H and O–H groups in total. The Bertz CT molecular complexity index is 571. The monoisotopic (exact) mass is 354 g/mol. The smallest absolute Gasteiger partial charge is 0.0838 e. The first-order valence-electron chi connectivity index (χ1n) is 10.8. The molecule has 3 fully saturated rings. The van der Waals surface area contributed by atoms with Gasteiger partial charge in [-0.05, 0) is 67.9 Å². The molecule has 2 nitrogen and oxygen atoms in total. The summed E-state index contributed by atoms with van der Waals surface area (Å²) < 4.78 is 11.7. The van der Waals surface area contributed by atoms with Crippen molar-refractivity contribution in [2.75, 3.05) is 13.2 Å². The molecule has 1 aromatic rings. The average molecular weight is 355 g/mol. The topological polar surface area (TPSA) is 21.8 Å². The second-order valence-corrected chi connectivity index (χ2v) is 8.58. The van der Waals surface area contributed by atoms with E-state index >= 15 is 0 Å². The summed E-state index contributed by atoms with van der Waals surface area (Å²) in [5.74, 6) is 2.24. The van der Waals surface area contributed by atoms with Crippen molar-refractivity contribution in [3.05, 3.63) is 47.5 Å². The van der Waals surface area contributed by atoms with Crippen LogP contribution in [0.4, 0.5) is 0 Å². The first kappa shape index (κ1) is 18.3. The van der Waals surface area contributed by atoms with E-state index in [1.54, 1.807) is 0 Å². The molecule has 4 rings (SSSR count). The van der Waals surface area contributed by atoms with E-state index in [-0.39, 0.29) is 0 Å². The first-order chi connectivity index (χ1) is 12.8. The van der Waals surface area contributed by atoms with Gasteiger partial charge in [-0.3, -0.25) is 0 Å². The molecule has 142 valence electrons. The standard InChI is InChI=1S/C24H34O2/c1-2-3-18-6-11-21(12-7-18)23-15-10-20(16-25-23)5-4-19-8-13-22(14-9-19)24-17-26-24/h4-7,11-12,19-20,22-24H,2-3,8-10,13-17H2,1H3/b5-4+. The Morgan fingerprint density at radius 3 is 2.15 bits per heavy atom. The van der Waals surface area contributed by atoms with E-state index in [2.05, 4.69) is 43.3 Å². The fourth-order valence-electron chi connectivity index (χ4n) is 4.73. The number of rotatable bonds is 6. The van der Waals surface area contributed by atoms with Crippen LogP contribution in [-0.4, -0.2) is 19.3 Å². The van der Waals surface area contributed by atoms with E-state index in [1.807, 2.05) is 0 Å². The Hall–Kier alpha value is -1.12. The SMILES string of the molecule is CCCc1ccc(C2CCC(/C=C/C3CCC(C4CO4)CC3)CO2)cc1. The van der Waals surface area contributed by atoms with Gasteiger partial charge in [-0.1, -0.05) is 49.8 Å². The molecule has 2 aliphatic heterocycles. The van der Waals surface area contributed by atoms with Gasteiger partial charge < -0.3 is 9.47 Å². The highest BCUT2D eigenvalue weighted by Crippen LogP contribution is 2.37. The minimum atomic E-state index is 0.296. The number of allylic oxidation sites excluding steroid dienone is 1. The molecule has 3 unspecified atom stereocenters. The summed E-state index contributed by atoms with van der Waals surface area (Å²) in [7, 11) is 0. The molecule has 0 radical (unpaired) electrons. The maximum Gasteiger partial charge on any atom is 0.0838 e. The molecule has 3 atom stereocenters. The molecule has 0 bridgehead atoms. The maximum atomic E-state index is 6.21. The fourth-order valence-corrected chi connectivity index (χ4v) is 4.73. The van der Waals surface area contributed by atoms with Gasteiger partial charge in [0, 0.05) is 5.92 Å². The number of benzene rings is 1. The highest BCUT2D eigenvalue weighted by molar-refractivity contribution is 5.24. The third-order valence-corrected chi connectivity index (χ3v) is 6.56. The Labute approximate surface area is 159 Å². The van der Waals surface area contributed by atoms with Crippen LogP contribution in [0, 0.1) is 17.8 Å². The molecule has 1 saturated carbocycles. The van der Waals surface area contributed by atoms with E-state index in [0.29, 0.717) is 18.1 Å². The lowest BCUT2D eigenvalue weighted by atomic mass is 9.80. The lowest BCUT2D eigenvalue weighted by Crippen LogP contribution is -2.20. The van der Waals surface area contributed by atoms with Gasteiger partial charge in [-0.25, -0.2) is 0 Å². The molecule has 3 aliphatic rings. The highest BCUT2D eigenvalue weighted by Gasteiger charge is 2.34. The molecule has 2 saturated heterocycles. The van der Waals surface area contributed by atoms with Crippen molar-refractivity contribution in [2.24, 2.45) is 17.8 Å². The molecular formula is C24H34O2. The van der Waals surface area contributed by atoms with Crippen LogP contribution >= 0.6 is 0 Å². The lowest BCUT2D eigenvalue weighted by molar-refractivity contribution is -0.00537. The fraction of sp³-hybridized carbons (Fsp3) is 0.667. The summed E-state index contributed by atoms with van der Waals surface area (Å²) in [6.07, 6.45) is 16.1. The molecule has 0 spiro atoms. The van der Waals surface area contributed by atoms with E-state index in [0.717, 1.165) is 31.5 Å². The quantitative estimate of drug-likeness (QED) is 0.471. The van der Waals surface area contributed by atoms with Crippen LogP contribution in [0.2, 0.25) is 0 Å². The summed E-state index contributed by atoms with van der Waals surface area (Å²) >= 11 is 0. The van der Waals surface area contributed by atoms with Crippen molar-refractivity contribution in [1.29, 1.82) is 0 Å². The molecular weight excluding hydrogens is 320 g/mol. The molecule has 0 aromatic heterocycles. The molecule has 2 heteroatoms. The van der Waals surface area contributed by atoms with Gasteiger partial charge in [0.25, 0.3) is 0 Å². The minimum absolute atomic E-state index is 0.296. The Morgan fingerprint density at radius 2 is 1.54 bits per heavy atom. The minimum Gasteiger partial charge on any atom is -0.373 e. The van der Waals surface area contributed by atoms with Crippen LogP contribution < -0.4 is 0 Å². The van der Waals surface area contributed by atoms with Gasteiger partial charge in [0.05, 0.1) is 25.4 Å². The van der Waals surface area contributed by atoms with Crippen LogP contribution in [0.3, 0.4) is 0 Å². The van der Waals surface area contributed by atoms with Gasteiger partial charge in [0.1, 0.15) is 0 Å². The Morgan fingerprint density at radius 1 is 0.846 bits per heavy atom. The zero-order valence-corrected chi connectivity index (χ0v) is 16.2. The predicted molar refractivity (Wildman–Crippen MR) is 106 cm³/mol. The largest absolute Gasteiger partial charge is 0.373 e. The third-order valence-electron chi connectivity index (χ3n) is 6.56. The van der Waals surface area contributed by atoms with Crippen LogP contribution in [-0.2, 0) is 15.9 Å². The van der Waals surface area contributed by atoms with Gasteiger partial charge in [0.2, 0.25) is 0 Å². The Kier molecular flexibility index (Phi) is 6.12. The molecule has 1 aromatic carbocycles. The second-order valence-electron chi connectivity index (χ2n) is 8.58. The number of hydrogen-bond donors (Lipinski definition) is 0. The third kappa shape index (κ3) is 4.78. The van der Waals surface area contributed by atoms with Gasteiger partial charge in [0.15, 0.2) is 0 Å². The second kappa shape index (κ2) is 8.71. The lowest BCUT2D eigenvalue weighted by Gasteiger charge is -2.29. The van der Waals surface area contributed by atoms with Crippen molar-refractivity contribution in [3.63, 3.8) is 0 Å². The first-order valence-corrected chi connectivity index (χ1v) is 10.8. The summed E-state index contributed by atoms with van der Waals surface area (Å²) in [6, 6.07) is 9.09. The summed E-state index contributed by atoms with van der Waals surface area (Å²) in [6.45, 7) is 4.13. The normalized spacial score (nSPS) is 34.9. The summed E-state index contributed by atoms with van der Waals surface area (Å²) in [5, 5.41) is 0. The summed E-state index contributed by atoms with van der Waals surface area (Å²) in [4.78, 5) is 0. The van der Waals surface area contributed by atoms with E-state index in [4.69, 9.17) is 9.47 Å². The zero-order chi connectivity index (χ0) is 17.8. The molecule has 0 amide bonds. The van der Waals surface area contributed by atoms with Crippen molar-refractivity contribution in [1.82, 2.24) is 0 Å². The van der Waals surface area contributed by atoms with Crippen molar-refractivity contribution in [3.8, 4) is 0 Å². The van der Waals surface area contributed by atoms with Crippen molar-refractivity contribution in [2.45, 2.75) is 70.5 Å². The summed E-state index contributed by atoms with van der Waals surface area (Å²) in [5.41, 5.74) is 2.80. The Balaban J connectivity index is 1.21. The van der Waals surface area contributed by atoms with E-state index in [1.165, 1.54) is 56.1 Å². The van der Waals surface area contributed by atoms with Gasteiger partial charge in [-0.15, -0.1) is 0 Å². The number of ether oxygens (including phenoxy) is 2. The van der Waals surface area contributed by atoms with Crippen molar-refractivity contribution >= 4 is 0 Å². The maximum absolute atomic E-state index is 6.21. The van der Waals surface area contributed by atoms with Crippen LogP contribution in [0.1, 0.15) is 69.1 Å². The van der Waals surface area contributed by atoms with Gasteiger partial charge >= 0.3 is 0 Å². The zero-order valence-electron chi connectivity index (χ0n) is 16.2. The highest BCUT2D eigenvalue weighted by atomic mass is 16.6. The van der Waals surface area contributed by atoms with Gasteiger partial charge in [-0.2, -0.15) is 0 Å². The molecule has 2 heterocycles. The van der Waals surface area contributed by atoms with E-state index < -0.39 is 0 Å². The van der Waals surface area contributed by atoms with Crippen molar-refractivity contribution < 1.29 is 9.47 Å².